The molecule has 0 amide bonds. The summed E-state index contributed by atoms with van der Waals surface area (Å²) in [4.78, 5) is 10.8. The molecule has 6 heteroatoms. The maximum atomic E-state index is 11.1. The molecule has 0 bridgehead atoms. The number of nitrogens with zero attached hydrogens (tertiary/aromatic N) is 3. The van der Waals surface area contributed by atoms with Gasteiger partial charge in [-0.3, -0.25) is 14.8 Å². The molecule has 1 N–H and O–H groups in total. The molecule has 17 heavy (non-hydrogen) atoms. The van der Waals surface area contributed by atoms with E-state index in [9.17, 15) is 10.1 Å². The van der Waals surface area contributed by atoms with Crippen molar-refractivity contribution in [3.8, 4) is 0 Å². The van der Waals surface area contributed by atoms with Crippen molar-refractivity contribution < 1.29 is 4.92 Å². The van der Waals surface area contributed by atoms with E-state index in [0.717, 1.165) is 6.42 Å². The lowest BCUT2D eigenvalue weighted by Crippen LogP contribution is -2.31. The smallest absolute Gasteiger partial charge is 0.313 e. The van der Waals surface area contributed by atoms with Crippen LogP contribution in [0.5, 0.6) is 0 Å². The van der Waals surface area contributed by atoms with E-state index in [1.807, 2.05) is 14.0 Å². The highest BCUT2D eigenvalue weighted by molar-refractivity contribution is 5.42. The monoisotopic (exact) mass is 240 g/mol. The molecule has 1 rings (SSSR count). The van der Waals surface area contributed by atoms with E-state index in [-0.39, 0.29) is 22.6 Å². The van der Waals surface area contributed by atoms with Crippen molar-refractivity contribution in [1.29, 1.82) is 0 Å². The number of likely N-dealkylation sites (N-methyl/N-ethyl adjacent to an activating group) is 1. The van der Waals surface area contributed by atoms with Gasteiger partial charge in [0.25, 0.3) is 0 Å². The lowest BCUT2D eigenvalue weighted by molar-refractivity contribution is -0.386. The third-order valence-electron chi connectivity index (χ3n) is 3.26. The number of nitrogens with one attached hydrogen (secondary N) is 1. The predicted octanol–water partition coefficient (Wildman–Crippen LogP) is 1.74. The molecule has 1 heterocycles. The minimum Gasteiger partial charge on any atom is -0.316 e. The van der Waals surface area contributed by atoms with Gasteiger partial charge < -0.3 is 5.32 Å². The SMILES string of the molecule is CCC(NC)C(C)c1c([N+](=O)[O-])c(C)nn1C. The zero-order valence-electron chi connectivity index (χ0n) is 11.0. The average Bonchev–Trinajstić information content (AvgIpc) is 2.55. The maximum absolute atomic E-state index is 11.1. The number of hydrogen-bond acceptors (Lipinski definition) is 4. The van der Waals surface area contributed by atoms with Gasteiger partial charge in [-0.1, -0.05) is 13.8 Å². The van der Waals surface area contributed by atoms with Gasteiger partial charge in [-0.05, 0) is 20.4 Å². The van der Waals surface area contributed by atoms with Crippen molar-refractivity contribution in [1.82, 2.24) is 15.1 Å². The number of aromatic nitrogens is 2. The molecule has 0 saturated heterocycles. The molecule has 0 aromatic carbocycles. The Balaban J connectivity index is 3.25. The Morgan fingerprint density at radius 2 is 2.18 bits per heavy atom. The minimum atomic E-state index is -0.337. The molecule has 0 aliphatic rings. The highest BCUT2D eigenvalue weighted by atomic mass is 16.6. The Morgan fingerprint density at radius 3 is 2.59 bits per heavy atom. The van der Waals surface area contributed by atoms with Gasteiger partial charge in [0.1, 0.15) is 11.4 Å². The van der Waals surface area contributed by atoms with Gasteiger partial charge in [0.15, 0.2) is 0 Å². The van der Waals surface area contributed by atoms with Crippen molar-refractivity contribution in [2.75, 3.05) is 7.05 Å². The first-order valence-corrected chi connectivity index (χ1v) is 5.79. The fourth-order valence-corrected chi connectivity index (χ4v) is 2.40. The molecule has 2 atom stereocenters. The van der Waals surface area contributed by atoms with Crippen LogP contribution in [-0.4, -0.2) is 27.8 Å². The minimum absolute atomic E-state index is 0.0524. The van der Waals surface area contributed by atoms with Gasteiger partial charge in [0.05, 0.1) is 4.92 Å². The quantitative estimate of drug-likeness (QED) is 0.628. The summed E-state index contributed by atoms with van der Waals surface area (Å²) >= 11 is 0. The molecule has 1 aromatic heterocycles. The van der Waals surface area contributed by atoms with Gasteiger partial charge in [-0.2, -0.15) is 5.10 Å². The summed E-state index contributed by atoms with van der Waals surface area (Å²) in [6.07, 6.45) is 0.916. The van der Waals surface area contributed by atoms with E-state index < -0.39 is 0 Å². The second-order valence-corrected chi connectivity index (χ2v) is 4.29. The summed E-state index contributed by atoms with van der Waals surface area (Å²) in [6, 6.07) is 0.212. The number of aryl methyl sites for hydroxylation is 2. The molecule has 6 nitrogen and oxygen atoms in total. The second kappa shape index (κ2) is 5.27. The highest BCUT2D eigenvalue weighted by Gasteiger charge is 2.30. The third kappa shape index (κ3) is 2.46. The summed E-state index contributed by atoms with van der Waals surface area (Å²) < 4.78 is 1.62. The largest absolute Gasteiger partial charge is 0.316 e. The predicted molar refractivity (Wildman–Crippen MR) is 66.2 cm³/mol. The van der Waals surface area contributed by atoms with Gasteiger partial charge in [0.2, 0.25) is 0 Å². The third-order valence-corrected chi connectivity index (χ3v) is 3.26. The van der Waals surface area contributed by atoms with E-state index in [1.54, 1.807) is 18.7 Å². The summed E-state index contributed by atoms with van der Waals surface area (Å²) in [6.45, 7) is 5.73. The normalized spacial score (nSPS) is 14.6. The van der Waals surface area contributed by atoms with Crippen LogP contribution in [0, 0.1) is 17.0 Å². The van der Waals surface area contributed by atoms with E-state index >= 15 is 0 Å². The first-order valence-electron chi connectivity index (χ1n) is 5.79. The maximum Gasteiger partial charge on any atom is 0.313 e. The summed E-state index contributed by atoms with van der Waals surface area (Å²) in [5.74, 6) is 0.0524. The van der Waals surface area contributed by atoms with E-state index in [1.165, 1.54) is 0 Å². The van der Waals surface area contributed by atoms with E-state index in [0.29, 0.717) is 11.4 Å². The van der Waals surface area contributed by atoms with E-state index in [4.69, 9.17) is 0 Å². The summed E-state index contributed by atoms with van der Waals surface area (Å²) in [5.41, 5.74) is 1.31. The Morgan fingerprint density at radius 1 is 1.59 bits per heavy atom. The van der Waals surface area contributed by atoms with Crippen molar-refractivity contribution in [2.45, 2.75) is 39.2 Å². The summed E-state index contributed by atoms with van der Waals surface area (Å²) in [5, 5.41) is 18.4. The zero-order chi connectivity index (χ0) is 13.2. The Bertz CT molecular complexity index is 410. The van der Waals surface area contributed by atoms with Gasteiger partial charge in [0, 0.05) is 19.0 Å². The molecule has 96 valence electrons. The van der Waals surface area contributed by atoms with Crippen LogP contribution in [0.2, 0.25) is 0 Å². The fraction of sp³-hybridized carbons (Fsp3) is 0.727. The number of hydrogen-bond donors (Lipinski definition) is 1. The molecule has 0 spiro atoms. The van der Waals surface area contributed by atoms with Gasteiger partial charge in [-0.15, -0.1) is 0 Å². The molecule has 0 saturated carbocycles. The first-order chi connectivity index (χ1) is 7.93. The number of nitro groups is 1. The first kappa shape index (κ1) is 13.6. The molecule has 0 aliphatic heterocycles. The molecule has 0 aliphatic carbocycles. The average molecular weight is 240 g/mol. The van der Waals surface area contributed by atoms with Crippen LogP contribution in [0.4, 0.5) is 5.69 Å². The van der Waals surface area contributed by atoms with Crippen LogP contribution >= 0.6 is 0 Å². The van der Waals surface area contributed by atoms with Crippen LogP contribution in [0.3, 0.4) is 0 Å². The van der Waals surface area contributed by atoms with Crippen LogP contribution in [-0.2, 0) is 7.05 Å². The molecule has 0 fully saturated rings. The van der Waals surface area contributed by atoms with Crippen molar-refractivity contribution in [2.24, 2.45) is 7.05 Å². The number of rotatable bonds is 5. The van der Waals surface area contributed by atoms with Crippen LogP contribution in [0.15, 0.2) is 0 Å². The lowest BCUT2D eigenvalue weighted by atomic mass is 9.95. The van der Waals surface area contributed by atoms with Crippen molar-refractivity contribution in [3.05, 3.63) is 21.5 Å². The van der Waals surface area contributed by atoms with Crippen LogP contribution < -0.4 is 5.32 Å². The topological polar surface area (TPSA) is 73.0 Å². The standard InChI is InChI=1S/C11H20N4O2/c1-6-9(12-4)7(2)10-11(15(16)17)8(3)13-14(10)5/h7,9,12H,6H2,1-5H3. The van der Waals surface area contributed by atoms with Crippen molar-refractivity contribution in [3.63, 3.8) is 0 Å². The molecule has 2 unspecified atom stereocenters. The fourth-order valence-electron chi connectivity index (χ4n) is 2.40. The summed E-state index contributed by atoms with van der Waals surface area (Å²) in [7, 11) is 3.63. The van der Waals surface area contributed by atoms with Crippen LogP contribution in [0.25, 0.3) is 0 Å². The Kier molecular flexibility index (Phi) is 4.22. The second-order valence-electron chi connectivity index (χ2n) is 4.29. The molecule has 1 aromatic rings. The zero-order valence-corrected chi connectivity index (χ0v) is 11.0. The Labute approximate surface area is 101 Å². The van der Waals surface area contributed by atoms with Gasteiger partial charge >= 0.3 is 5.69 Å². The lowest BCUT2D eigenvalue weighted by Gasteiger charge is -2.21. The molecular formula is C11H20N4O2. The van der Waals surface area contributed by atoms with Gasteiger partial charge in [-0.25, -0.2) is 0 Å². The van der Waals surface area contributed by atoms with Crippen LogP contribution in [0.1, 0.15) is 37.6 Å². The van der Waals surface area contributed by atoms with Crippen molar-refractivity contribution >= 4 is 5.69 Å². The highest BCUT2D eigenvalue weighted by Crippen LogP contribution is 2.31. The Hall–Kier alpha value is -1.43. The molecule has 0 radical (unpaired) electrons. The van der Waals surface area contributed by atoms with E-state index in [2.05, 4.69) is 17.3 Å². The molecular weight excluding hydrogens is 220 g/mol.